The van der Waals surface area contributed by atoms with Crippen molar-refractivity contribution in [1.29, 1.82) is 0 Å². The molecule has 4 N–H and O–H groups in total. The summed E-state index contributed by atoms with van der Waals surface area (Å²) in [6, 6.07) is 0. The number of carbonyl (C=O) groups is 2. The van der Waals surface area contributed by atoms with E-state index in [1.807, 2.05) is 12.2 Å². The predicted octanol–water partition coefficient (Wildman–Crippen LogP) is 5.66. The molecule has 0 aromatic carbocycles. The zero-order valence-electron chi connectivity index (χ0n) is 30.0. The van der Waals surface area contributed by atoms with E-state index >= 15 is 0 Å². The molecule has 1 fully saturated rings. The highest BCUT2D eigenvalue weighted by molar-refractivity contribution is 7.85. The van der Waals surface area contributed by atoms with Gasteiger partial charge in [-0.1, -0.05) is 94.6 Å². The van der Waals surface area contributed by atoms with Crippen LogP contribution in [-0.2, 0) is 38.7 Å². The van der Waals surface area contributed by atoms with E-state index < -0.39 is 71.2 Å². The molecule has 0 aliphatic carbocycles. The molecule has 288 valence electrons. The van der Waals surface area contributed by atoms with Crippen molar-refractivity contribution in [3.63, 3.8) is 0 Å². The molecule has 12 nitrogen and oxygen atoms in total. The lowest BCUT2D eigenvalue weighted by molar-refractivity contribution is -0.297. The third-order valence-corrected chi connectivity index (χ3v) is 8.66. The summed E-state index contributed by atoms with van der Waals surface area (Å²) in [5.41, 5.74) is 0. The summed E-state index contributed by atoms with van der Waals surface area (Å²) in [5.74, 6) is -2.13. The number of hydrogen-bond acceptors (Lipinski definition) is 11. The van der Waals surface area contributed by atoms with Gasteiger partial charge in [0.1, 0.15) is 36.8 Å². The van der Waals surface area contributed by atoms with Crippen LogP contribution < -0.4 is 0 Å². The minimum absolute atomic E-state index is 0.0497. The molecular formula is C37H62O12S. The average molecular weight is 731 g/mol. The third-order valence-electron chi connectivity index (χ3n) is 7.91. The van der Waals surface area contributed by atoms with Gasteiger partial charge in [-0.15, -0.1) is 0 Å². The number of esters is 2. The van der Waals surface area contributed by atoms with E-state index in [-0.39, 0.29) is 19.4 Å². The maximum Gasteiger partial charge on any atom is 0.306 e. The molecule has 0 amide bonds. The minimum Gasteiger partial charge on any atom is -0.462 e. The molecule has 0 aromatic rings. The molecule has 0 radical (unpaired) electrons. The molecule has 6 atom stereocenters. The Labute approximate surface area is 299 Å². The van der Waals surface area contributed by atoms with Crippen molar-refractivity contribution in [3.05, 3.63) is 48.6 Å². The molecule has 0 aromatic heterocycles. The highest BCUT2D eigenvalue weighted by atomic mass is 32.2. The topological polar surface area (TPSA) is 186 Å². The second-order valence-electron chi connectivity index (χ2n) is 12.5. The number of aliphatic hydroxyl groups excluding tert-OH is 3. The summed E-state index contributed by atoms with van der Waals surface area (Å²) < 4.78 is 53.5. The van der Waals surface area contributed by atoms with Gasteiger partial charge in [-0.05, 0) is 57.8 Å². The van der Waals surface area contributed by atoms with Gasteiger partial charge in [0, 0.05) is 12.8 Å². The van der Waals surface area contributed by atoms with Crippen molar-refractivity contribution in [2.24, 2.45) is 0 Å². The van der Waals surface area contributed by atoms with Crippen LogP contribution >= 0.6 is 0 Å². The van der Waals surface area contributed by atoms with Crippen LogP contribution in [0, 0.1) is 0 Å². The van der Waals surface area contributed by atoms with Crippen LogP contribution in [0.15, 0.2) is 48.6 Å². The summed E-state index contributed by atoms with van der Waals surface area (Å²) in [5, 5.41) is 30.6. The fourth-order valence-corrected chi connectivity index (χ4v) is 5.75. The van der Waals surface area contributed by atoms with E-state index in [1.165, 1.54) is 38.5 Å². The Morgan fingerprint density at radius 1 is 0.700 bits per heavy atom. The van der Waals surface area contributed by atoms with E-state index in [4.69, 9.17) is 18.9 Å². The van der Waals surface area contributed by atoms with E-state index in [2.05, 4.69) is 50.3 Å². The first-order valence-corrected chi connectivity index (χ1v) is 19.8. The molecule has 0 saturated carbocycles. The Balaban J connectivity index is 2.62. The standard InChI is InChI=1S/C37H62O12S/c1-3-5-7-9-11-13-14-15-16-18-20-22-24-26-33(39)48-30(27-46-32(38)25-23-21-19-17-12-10-8-6-4-2)28-47-37-36(42)35(41)34(40)31(49-37)29-50(43,44)45/h6,8,12,15-17,20,22,30-31,34-37,40-42H,3-5,7,9-11,13-14,18-19,21,23-29H2,1-2H3,(H,43,44,45)/b8-6+,16-15+,17-12+,22-20+/t30?,31-,34-,35?,36?,37+/m1/s1. The zero-order chi connectivity index (χ0) is 37.0. The van der Waals surface area contributed by atoms with Gasteiger partial charge in [0.05, 0.1) is 6.61 Å². The summed E-state index contributed by atoms with van der Waals surface area (Å²) in [6.07, 6.45) is 20.7. The maximum atomic E-state index is 12.6. The molecule has 13 heteroatoms. The fraction of sp³-hybridized carbons (Fsp3) is 0.730. The van der Waals surface area contributed by atoms with Gasteiger partial charge in [-0.25, -0.2) is 0 Å². The van der Waals surface area contributed by atoms with Gasteiger partial charge in [0.2, 0.25) is 0 Å². The van der Waals surface area contributed by atoms with Gasteiger partial charge in [-0.3, -0.25) is 14.1 Å². The van der Waals surface area contributed by atoms with Gasteiger partial charge < -0.3 is 34.3 Å². The lowest BCUT2D eigenvalue weighted by atomic mass is 10.00. The normalized spacial score (nSPS) is 22.2. The van der Waals surface area contributed by atoms with Crippen molar-refractivity contribution < 1.29 is 56.8 Å². The van der Waals surface area contributed by atoms with E-state index in [9.17, 15) is 37.9 Å². The van der Waals surface area contributed by atoms with Crippen molar-refractivity contribution >= 4 is 22.1 Å². The number of unbranched alkanes of at least 4 members (excludes halogenated alkanes) is 8. The third kappa shape index (κ3) is 23.2. The molecule has 0 bridgehead atoms. The van der Waals surface area contributed by atoms with Gasteiger partial charge >= 0.3 is 11.9 Å². The van der Waals surface area contributed by atoms with Crippen molar-refractivity contribution in [2.75, 3.05) is 19.0 Å². The average Bonchev–Trinajstić information content (AvgIpc) is 3.07. The number of ether oxygens (including phenoxy) is 4. The quantitative estimate of drug-likeness (QED) is 0.0336. The predicted molar refractivity (Wildman–Crippen MR) is 192 cm³/mol. The zero-order valence-corrected chi connectivity index (χ0v) is 30.8. The molecular weight excluding hydrogens is 668 g/mol. The maximum absolute atomic E-state index is 12.6. The van der Waals surface area contributed by atoms with E-state index in [1.54, 1.807) is 0 Å². The lowest BCUT2D eigenvalue weighted by Crippen LogP contribution is -2.60. The summed E-state index contributed by atoms with van der Waals surface area (Å²) in [6.45, 7) is 3.49. The van der Waals surface area contributed by atoms with Gasteiger partial charge in [0.25, 0.3) is 10.1 Å². The van der Waals surface area contributed by atoms with Crippen molar-refractivity contribution in [3.8, 4) is 0 Å². The van der Waals surface area contributed by atoms with Gasteiger partial charge in [-0.2, -0.15) is 8.42 Å². The Hall–Kier alpha value is -2.39. The highest BCUT2D eigenvalue weighted by Gasteiger charge is 2.46. The monoisotopic (exact) mass is 730 g/mol. The van der Waals surface area contributed by atoms with Crippen molar-refractivity contribution in [1.82, 2.24) is 0 Å². The molecule has 3 unspecified atom stereocenters. The van der Waals surface area contributed by atoms with Crippen LogP contribution in [0.2, 0.25) is 0 Å². The fourth-order valence-electron chi connectivity index (χ4n) is 5.06. The first-order chi connectivity index (χ1) is 24.0. The largest absolute Gasteiger partial charge is 0.462 e. The first kappa shape index (κ1) is 45.6. The lowest BCUT2D eigenvalue weighted by Gasteiger charge is -2.40. The van der Waals surface area contributed by atoms with E-state index in [0.717, 1.165) is 38.5 Å². The van der Waals surface area contributed by atoms with Crippen LogP contribution in [0.1, 0.15) is 117 Å². The molecule has 1 saturated heterocycles. The molecule has 1 heterocycles. The Bertz CT molecular complexity index is 1130. The molecule has 1 aliphatic rings. The van der Waals surface area contributed by atoms with E-state index in [0.29, 0.717) is 12.8 Å². The second kappa shape index (κ2) is 28.2. The first-order valence-electron chi connectivity index (χ1n) is 18.2. The number of carbonyl (C=O) groups excluding carboxylic acids is 2. The van der Waals surface area contributed by atoms with Crippen LogP contribution in [0.5, 0.6) is 0 Å². The summed E-state index contributed by atoms with van der Waals surface area (Å²) in [4.78, 5) is 25.1. The number of aliphatic hydroxyl groups is 3. The smallest absolute Gasteiger partial charge is 0.306 e. The molecule has 0 spiro atoms. The second-order valence-corrected chi connectivity index (χ2v) is 14.0. The van der Waals surface area contributed by atoms with Crippen LogP contribution in [-0.4, -0.2) is 96.0 Å². The van der Waals surface area contributed by atoms with Crippen LogP contribution in [0.3, 0.4) is 0 Å². The Morgan fingerprint density at radius 2 is 1.30 bits per heavy atom. The molecule has 1 aliphatic heterocycles. The number of hydrogen-bond donors (Lipinski definition) is 4. The summed E-state index contributed by atoms with van der Waals surface area (Å²) in [7, 11) is -4.60. The van der Waals surface area contributed by atoms with Crippen LogP contribution in [0.25, 0.3) is 0 Å². The van der Waals surface area contributed by atoms with Crippen LogP contribution in [0.4, 0.5) is 0 Å². The Morgan fingerprint density at radius 3 is 1.94 bits per heavy atom. The number of allylic oxidation sites excluding steroid dienone is 8. The number of rotatable bonds is 28. The summed E-state index contributed by atoms with van der Waals surface area (Å²) >= 11 is 0. The van der Waals surface area contributed by atoms with Gasteiger partial charge in [0.15, 0.2) is 12.4 Å². The highest BCUT2D eigenvalue weighted by Crippen LogP contribution is 2.23. The Kier molecular flexibility index (Phi) is 25.8. The van der Waals surface area contributed by atoms with Crippen molar-refractivity contribution in [2.45, 2.75) is 153 Å². The molecule has 50 heavy (non-hydrogen) atoms. The minimum atomic E-state index is -4.60. The molecule has 1 rings (SSSR count). The SMILES string of the molecule is CC/C=C/C/C=C/CCCCC(=O)OCC(CO[C@H]1O[C@H](CS(=O)(=O)O)[C@@H](O)C(O)C1O)OC(=O)CC/C=C/C/C=C/CCCCCCCC.